The van der Waals surface area contributed by atoms with Gasteiger partial charge in [0.2, 0.25) is 5.95 Å². The summed E-state index contributed by atoms with van der Waals surface area (Å²) in [5.74, 6) is 1.42. The Balaban J connectivity index is 2.00. The lowest BCUT2D eigenvalue weighted by molar-refractivity contribution is 0.887. The molecule has 128 valence electrons. The van der Waals surface area contributed by atoms with Gasteiger partial charge in [-0.3, -0.25) is 0 Å². The molecule has 4 nitrogen and oxygen atoms in total. The fourth-order valence-corrected chi connectivity index (χ4v) is 2.70. The zero-order valence-corrected chi connectivity index (χ0v) is 15.0. The molecule has 1 heterocycles. The van der Waals surface area contributed by atoms with Gasteiger partial charge >= 0.3 is 0 Å². The fourth-order valence-electron chi connectivity index (χ4n) is 2.70. The minimum Gasteiger partial charge on any atom is -0.368 e. The highest BCUT2D eigenvalue weighted by Crippen LogP contribution is 2.25. The molecule has 0 spiro atoms. The summed E-state index contributed by atoms with van der Waals surface area (Å²) >= 11 is 0. The first-order chi connectivity index (χ1) is 12.2. The molecule has 25 heavy (non-hydrogen) atoms. The van der Waals surface area contributed by atoms with E-state index in [9.17, 15) is 0 Å². The van der Waals surface area contributed by atoms with Crippen LogP contribution >= 0.6 is 0 Å². The van der Waals surface area contributed by atoms with Gasteiger partial charge in [-0.05, 0) is 31.9 Å². The lowest BCUT2D eigenvalue weighted by Crippen LogP contribution is -2.12. The number of nitrogens with zero attached hydrogens (tertiary/aromatic N) is 2. The van der Waals surface area contributed by atoms with Gasteiger partial charge < -0.3 is 10.6 Å². The van der Waals surface area contributed by atoms with E-state index >= 15 is 0 Å². The average Bonchev–Trinajstić information content (AvgIpc) is 2.62. The minimum atomic E-state index is 0.300. The maximum Gasteiger partial charge on any atom is 0.229 e. The number of rotatable bonds is 6. The monoisotopic (exact) mass is 332 g/mol. The zero-order chi connectivity index (χ0) is 17.6. The second kappa shape index (κ2) is 7.79. The summed E-state index contributed by atoms with van der Waals surface area (Å²) in [5.41, 5.74) is 4.26. The fraction of sp³-hybridized carbons (Fsp3) is 0.238. The molecule has 0 atom stereocenters. The van der Waals surface area contributed by atoms with Gasteiger partial charge in [0.05, 0.1) is 5.69 Å². The summed E-state index contributed by atoms with van der Waals surface area (Å²) < 4.78 is 0. The molecule has 0 amide bonds. The number of benzene rings is 2. The Hall–Kier alpha value is -2.88. The molecule has 0 saturated carbocycles. The Morgan fingerprint density at radius 2 is 1.64 bits per heavy atom. The molecule has 1 aromatic heterocycles. The van der Waals surface area contributed by atoms with Crippen LogP contribution in [-0.2, 0) is 6.42 Å². The number of aromatic nitrogens is 2. The van der Waals surface area contributed by atoms with E-state index in [0.717, 1.165) is 29.2 Å². The van der Waals surface area contributed by atoms with Gasteiger partial charge in [0.25, 0.3) is 0 Å². The third kappa shape index (κ3) is 4.35. The molecule has 4 heteroatoms. The lowest BCUT2D eigenvalue weighted by Gasteiger charge is -2.14. The van der Waals surface area contributed by atoms with Gasteiger partial charge in [-0.1, -0.05) is 55.5 Å². The maximum absolute atomic E-state index is 4.72. The first-order valence-electron chi connectivity index (χ1n) is 8.71. The number of aryl methyl sites for hydroxylation is 1. The van der Waals surface area contributed by atoms with Crippen LogP contribution in [-0.4, -0.2) is 16.0 Å². The molecule has 0 radical (unpaired) electrons. The van der Waals surface area contributed by atoms with E-state index in [1.807, 2.05) is 30.3 Å². The number of hydrogen-bond acceptors (Lipinski definition) is 4. The van der Waals surface area contributed by atoms with E-state index in [4.69, 9.17) is 4.98 Å². The van der Waals surface area contributed by atoms with Gasteiger partial charge in [0.1, 0.15) is 5.82 Å². The van der Waals surface area contributed by atoms with E-state index in [1.165, 1.54) is 5.56 Å². The normalized spacial score (nSPS) is 10.7. The number of para-hydroxylation sites is 1. The second-order valence-corrected chi connectivity index (χ2v) is 6.26. The Kier molecular flexibility index (Phi) is 5.29. The number of nitrogens with one attached hydrogen (secondary N) is 2. The lowest BCUT2D eigenvalue weighted by atomic mass is 10.1. The van der Waals surface area contributed by atoms with Crippen LogP contribution in [0.5, 0.6) is 0 Å². The molecule has 0 fully saturated rings. The Morgan fingerprint density at radius 1 is 0.920 bits per heavy atom. The molecule has 3 rings (SSSR count). The third-order valence-corrected chi connectivity index (χ3v) is 3.88. The van der Waals surface area contributed by atoms with Crippen LogP contribution in [0.2, 0.25) is 0 Å². The molecule has 0 bridgehead atoms. The second-order valence-electron chi connectivity index (χ2n) is 6.26. The van der Waals surface area contributed by atoms with Crippen LogP contribution in [0.1, 0.15) is 26.3 Å². The van der Waals surface area contributed by atoms with Crippen molar-refractivity contribution in [3.05, 3.63) is 66.2 Å². The Labute approximate surface area is 149 Å². The molecule has 0 aliphatic rings. The van der Waals surface area contributed by atoms with E-state index in [1.54, 1.807) is 0 Å². The average molecular weight is 332 g/mol. The molecule has 2 aromatic carbocycles. The highest BCUT2D eigenvalue weighted by Gasteiger charge is 2.09. The van der Waals surface area contributed by atoms with E-state index in [-0.39, 0.29) is 0 Å². The topological polar surface area (TPSA) is 49.8 Å². The standard InChI is InChI=1S/C21H24N4/c1-4-16-10-8-9-13-18(16)23-21-24-19(17-11-6-5-7-12-17)14-20(25-21)22-15(2)3/h5-15H,4H2,1-3H3,(H2,22,23,24,25). The van der Waals surface area contributed by atoms with Crippen molar-refractivity contribution < 1.29 is 0 Å². The van der Waals surface area contributed by atoms with Crippen molar-refractivity contribution >= 4 is 17.5 Å². The van der Waals surface area contributed by atoms with E-state index < -0.39 is 0 Å². The minimum absolute atomic E-state index is 0.300. The number of hydrogen-bond donors (Lipinski definition) is 2. The number of anilines is 3. The summed E-state index contributed by atoms with van der Waals surface area (Å²) in [5, 5.41) is 6.76. The van der Waals surface area contributed by atoms with Crippen molar-refractivity contribution in [2.24, 2.45) is 0 Å². The van der Waals surface area contributed by atoms with Crippen LogP contribution in [0.3, 0.4) is 0 Å². The maximum atomic E-state index is 4.72. The highest BCUT2D eigenvalue weighted by atomic mass is 15.1. The van der Waals surface area contributed by atoms with Crippen LogP contribution < -0.4 is 10.6 Å². The van der Waals surface area contributed by atoms with Crippen LogP contribution in [0.25, 0.3) is 11.3 Å². The van der Waals surface area contributed by atoms with Crippen LogP contribution in [0.4, 0.5) is 17.5 Å². The van der Waals surface area contributed by atoms with Gasteiger partial charge in [-0.25, -0.2) is 4.98 Å². The van der Waals surface area contributed by atoms with Crippen molar-refractivity contribution in [1.82, 2.24) is 9.97 Å². The molecule has 3 aromatic rings. The zero-order valence-electron chi connectivity index (χ0n) is 15.0. The summed E-state index contributed by atoms with van der Waals surface area (Å²) in [4.78, 5) is 9.36. The summed E-state index contributed by atoms with van der Waals surface area (Å²) in [6.07, 6.45) is 0.957. The molecule has 0 aliphatic carbocycles. The third-order valence-electron chi connectivity index (χ3n) is 3.88. The van der Waals surface area contributed by atoms with Crippen LogP contribution in [0.15, 0.2) is 60.7 Å². The van der Waals surface area contributed by atoms with Crippen molar-refractivity contribution in [2.45, 2.75) is 33.2 Å². The van der Waals surface area contributed by atoms with Gasteiger partial charge in [-0.15, -0.1) is 0 Å². The first kappa shape index (κ1) is 17.0. The SMILES string of the molecule is CCc1ccccc1Nc1nc(NC(C)C)cc(-c2ccccc2)n1. The predicted octanol–water partition coefficient (Wildman–Crippen LogP) is 5.27. The molecule has 2 N–H and O–H groups in total. The van der Waals surface area contributed by atoms with Gasteiger partial charge in [-0.2, -0.15) is 4.98 Å². The summed E-state index contributed by atoms with van der Waals surface area (Å²) in [7, 11) is 0. The molecule has 0 aliphatic heterocycles. The molecule has 0 saturated heterocycles. The molecular weight excluding hydrogens is 308 g/mol. The van der Waals surface area contributed by atoms with E-state index in [0.29, 0.717) is 12.0 Å². The summed E-state index contributed by atoms with van der Waals surface area (Å²) in [6.45, 7) is 6.35. The van der Waals surface area contributed by atoms with Crippen molar-refractivity contribution in [1.29, 1.82) is 0 Å². The van der Waals surface area contributed by atoms with Crippen LogP contribution in [0, 0.1) is 0 Å². The highest BCUT2D eigenvalue weighted by molar-refractivity contribution is 5.67. The van der Waals surface area contributed by atoms with Crippen molar-refractivity contribution in [3.8, 4) is 11.3 Å². The first-order valence-corrected chi connectivity index (χ1v) is 8.71. The Morgan fingerprint density at radius 3 is 2.36 bits per heavy atom. The van der Waals surface area contributed by atoms with E-state index in [2.05, 4.69) is 66.7 Å². The van der Waals surface area contributed by atoms with Gasteiger partial charge in [0.15, 0.2) is 0 Å². The van der Waals surface area contributed by atoms with Crippen molar-refractivity contribution in [2.75, 3.05) is 10.6 Å². The quantitative estimate of drug-likeness (QED) is 0.645. The Bertz CT molecular complexity index is 828. The summed E-state index contributed by atoms with van der Waals surface area (Å²) in [6, 6.07) is 20.7. The molecule has 0 unspecified atom stereocenters. The van der Waals surface area contributed by atoms with Gasteiger partial charge in [0, 0.05) is 23.4 Å². The smallest absolute Gasteiger partial charge is 0.229 e. The van der Waals surface area contributed by atoms with Crippen molar-refractivity contribution in [3.63, 3.8) is 0 Å². The molecular formula is C21H24N4. The largest absolute Gasteiger partial charge is 0.368 e. The predicted molar refractivity (Wildman–Crippen MR) is 105 cm³/mol.